The van der Waals surface area contributed by atoms with Crippen molar-refractivity contribution in [1.82, 2.24) is 14.8 Å². The fraction of sp³-hybridized carbons (Fsp3) is 0.571. The molecule has 0 amide bonds. The second-order valence-corrected chi connectivity index (χ2v) is 6.05. The third kappa shape index (κ3) is 2.25. The second-order valence-electron chi connectivity index (χ2n) is 5.65. The maximum atomic E-state index is 6.35. The molecule has 20 heavy (non-hydrogen) atoms. The number of piperidine rings is 1. The first-order valence-electron chi connectivity index (χ1n) is 6.81. The van der Waals surface area contributed by atoms with E-state index in [0.29, 0.717) is 5.02 Å². The third-order valence-electron chi connectivity index (χ3n) is 4.12. The first-order valence-corrected chi connectivity index (χ1v) is 7.18. The second kappa shape index (κ2) is 4.90. The van der Waals surface area contributed by atoms with E-state index in [-0.39, 0.29) is 5.60 Å². The number of methoxy groups -OCH3 is 1. The van der Waals surface area contributed by atoms with Crippen molar-refractivity contribution >= 4 is 28.5 Å². The monoisotopic (exact) mass is 294 g/mol. The number of pyridine rings is 1. The van der Waals surface area contributed by atoms with Crippen molar-refractivity contribution in [1.29, 1.82) is 0 Å². The Morgan fingerprint density at radius 3 is 3.00 bits per heavy atom. The highest BCUT2D eigenvalue weighted by Gasteiger charge is 2.31. The highest BCUT2D eigenvalue weighted by atomic mass is 35.5. The van der Waals surface area contributed by atoms with Gasteiger partial charge in [-0.2, -0.15) is 5.10 Å². The molecule has 0 aliphatic carbocycles. The summed E-state index contributed by atoms with van der Waals surface area (Å²) in [7, 11) is 3.65. The molecule has 0 radical (unpaired) electrons. The standard InChI is InChI=1S/C14H19ClN4O/c1-14(20-3)5-4-6-19(9-14)12-7-11(15)10-8-16-18(2)13(10)17-12/h7-8H,4-6,9H2,1-3H3. The predicted molar refractivity (Wildman–Crippen MR) is 80.4 cm³/mol. The van der Waals surface area contributed by atoms with Crippen LogP contribution < -0.4 is 4.90 Å². The zero-order valence-corrected chi connectivity index (χ0v) is 12.8. The molecule has 6 heteroatoms. The van der Waals surface area contributed by atoms with E-state index in [2.05, 4.69) is 16.9 Å². The summed E-state index contributed by atoms with van der Waals surface area (Å²) in [5, 5.41) is 5.80. The molecule has 0 bridgehead atoms. The largest absolute Gasteiger partial charge is 0.377 e. The smallest absolute Gasteiger partial charge is 0.161 e. The number of ether oxygens (including phenoxy) is 1. The molecule has 1 atom stereocenters. The summed E-state index contributed by atoms with van der Waals surface area (Å²) in [6.45, 7) is 3.95. The summed E-state index contributed by atoms with van der Waals surface area (Å²) in [4.78, 5) is 6.95. The summed E-state index contributed by atoms with van der Waals surface area (Å²) >= 11 is 6.35. The van der Waals surface area contributed by atoms with E-state index in [1.165, 1.54) is 0 Å². The van der Waals surface area contributed by atoms with Crippen LogP contribution in [0.1, 0.15) is 19.8 Å². The summed E-state index contributed by atoms with van der Waals surface area (Å²) in [6.07, 6.45) is 3.92. The van der Waals surface area contributed by atoms with Crippen molar-refractivity contribution < 1.29 is 4.74 Å². The number of hydrogen-bond acceptors (Lipinski definition) is 4. The van der Waals surface area contributed by atoms with E-state index < -0.39 is 0 Å². The Bertz CT molecular complexity index is 641. The summed E-state index contributed by atoms with van der Waals surface area (Å²) in [6, 6.07) is 1.92. The third-order valence-corrected chi connectivity index (χ3v) is 4.43. The van der Waals surface area contributed by atoms with Gasteiger partial charge in [-0.1, -0.05) is 11.6 Å². The summed E-state index contributed by atoms with van der Waals surface area (Å²) < 4.78 is 7.39. The van der Waals surface area contributed by atoms with E-state index in [1.807, 2.05) is 13.1 Å². The lowest BCUT2D eigenvalue weighted by molar-refractivity contribution is -0.00480. The van der Waals surface area contributed by atoms with Crippen LogP contribution in [0.15, 0.2) is 12.3 Å². The van der Waals surface area contributed by atoms with Crippen LogP contribution in [-0.2, 0) is 11.8 Å². The zero-order valence-electron chi connectivity index (χ0n) is 12.1. The Labute approximate surface area is 123 Å². The molecule has 2 aromatic rings. The fourth-order valence-corrected chi connectivity index (χ4v) is 3.02. The average molecular weight is 295 g/mol. The first kappa shape index (κ1) is 13.6. The van der Waals surface area contributed by atoms with Gasteiger partial charge in [-0.05, 0) is 19.8 Å². The van der Waals surface area contributed by atoms with Gasteiger partial charge in [0.2, 0.25) is 0 Å². The molecule has 1 aliphatic rings. The van der Waals surface area contributed by atoms with Gasteiger partial charge in [0.15, 0.2) is 5.65 Å². The van der Waals surface area contributed by atoms with Crippen molar-refractivity contribution in [3.63, 3.8) is 0 Å². The van der Waals surface area contributed by atoms with E-state index in [9.17, 15) is 0 Å². The average Bonchev–Trinajstić information content (AvgIpc) is 2.81. The molecule has 3 rings (SSSR count). The number of aromatic nitrogens is 3. The fourth-order valence-electron chi connectivity index (χ4n) is 2.79. The number of nitrogens with zero attached hydrogens (tertiary/aromatic N) is 4. The minimum atomic E-state index is -0.117. The van der Waals surface area contributed by atoms with Crippen molar-refractivity contribution in [3.05, 3.63) is 17.3 Å². The van der Waals surface area contributed by atoms with Gasteiger partial charge in [0.05, 0.1) is 22.2 Å². The first-order chi connectivity index (χ1) is 9.52. The molecular weight excluding hydrogens is 276 g/mol. The minimum absolute atomic E-state index is 0.117. The quantitative estimate of drug-likeness (QED) is 0.854. The van der Waals surface area contributed by atoms with Gasteiger partial charge in [-0.15, -0.1) is 0 Å². The van der Waals surface area contributed by atoms with E-state index >= 15 is 0 Å². The highest BCUT2D eigenvalue weighted by Crippen LogP contribution is 2.31. The molecule has 2 aromatic heterocycles. The lowest BCUT2D eigenvalue weighted by Gasteiger charge is -2.40. The molecule has 1 fully saturated rings. The van der Waals surface area contributed by atoms with Gasteiger partial charge in [0.25, 0.3) is 0 Å². The summed E-state index contributed by atoms with van der Waals surface area (Å²) in [5.74, 6) is 0.897. The van der Waals surface area contributed by atoms with Gasteiger partial charge in [-0.3, -0.25) is 4.68 Å². The van der Waals surface area contributed by atoms with Crippen LogP contribution in [0.4, 0.5) is 5.82 Å². The van der Waals surface area contributed by atoms with Gasteiger partial charge in [0, 0.05) is 33.3 Å². The van der Waals surface area contributed by atoms with Crippen LogP contribution in [0, 0.1) is 0 Å². The SMILES string of the molecule is COC1(C)CCCN(c2cc(Cl)c3cnn(C)c3n2)C1. The molecule has 5 nitrogen and oxygen atoms in total. The molecule has 3 heterocycles. The number of aryl methyl sites for hydroxylation is 1. The van der Waals surface area contributed by atoms with Crippen molar-refractivity contribution in [2.24, 2.45) is 7.05 Å². The van der Waals surface area contributed by atoms with Crippen molar-refractivity contribution in [2.45, 2.75) is 25.4 Å². The maximum Gasteiger partial charge on any atom is 0.161 e. The molecule has 1 aliphatic heterocycles. The summed E-state index contributed by atoms with van der Waals surface area (Å²) in [5.41, 5.74) is 0.700. The van der Waals surface area contributed by atoms with Gasteiger partial charge in [0.1, 0.15) is 5.82 Å². The number of hydrogen-bond donors (Lipinski definition) is 0. The van der Waals surface area contributed by atoms with Crippen LogP contribution >= 0.6 is 11.6 Å². The molecule has 0 N–H and O–H groups in total. The zero-order chi connectivity index (χ0) is 14.3. The molecule has 1 unspecified atom stereocenters. The van der Waals surface area contributed by atoms with E-state index in [4.69, 9.17) is 21.3 Å². The molecule has 108 valence electrons. The van der Waals surface area contributed by atoms with Gasteiger partial charge in [-0.25, -0.2) is 4.98 Å². The van der Waals surface area contributed by atoms with Crippen LogP contribution in [0.5, 0.6) is 0 Å². The molecule has 1 saturated heterocycles. The maximum absolute atomic E-state index is 6.35. The normalized spacial score (nSPS) is 23.5. The molecule has 0 aromatic carbocycles. The number of halogens is 1. The van der Waals surface area contributed by atoms with Gasteiger partial charge < -0.3 is 9.64 Å². The molecule has 0 saturated carbocycles. The number of anilines is 1. The topological polar surface area (TPSA) is 43.2 Å². The van der Waals surface area contributed by atoms with Crippen LogP contribution in [0.3, 0.4) is 0 Å². The Hall–Kier alpha value is -1.33. The minimum Gasteiger partial charge on any atom is -0.377 e. The Morgan fingerprint density at radius 2 is 2.25 bits per heavy atom. The van der Waals surface area contributed by atoms with E-state index in [0.717, 1.165) is 42.8 Å². The highest BCUT2D eigenvalue weighted by molar-refractivity contribution is 6.35. The molecule has 0 spiro atoms. The molecular formula is C14H19ClN4O. The lowest BCUT2D eigenvalue weighted by Crippen LogP contribution is -2.47. The Kier molecular flexibility index (Phi) is 3.34. The Balaban J connectivity index is 1.99. The van der Waals surface area contributed by atoms with E-state index in [1.54, 1.807) is 18.0 Å². The van der Waals surface area contributed by atoms with Crippen LogP contribution in [0.25, 0.3) is 11.0 Å². The number of rotatable bonds is 2. The predicted octanol–water partition coefficient (Wildman–Crippen LogP) is 2.63. The van der Waals surface area contributed by atoms with Crippen LogP contribution in [-0.4, -0.2) is 40.6 Å². The van der Waals surface area contributed by atoms with Crippen LogP contribution in [0.2, 0.25) is 5.02 Å². The lowest BCUT2D eigenvalue weighted by atomic mass is 9.95. The number of fused-ring (bicyclic) bond motifs is 1. The van der Waals surface area contributed by atoms with Crippen molar-refractivity contribution in [3.8, 4) is 0 Å². The van der Waals surface area contributed by atoms with Crippen molar-refractivity contribution in [2.75, 3.05) is 25.1 Å². The van der Waals surface area contributed by atoms with Gasteiger partial charge >= 0.3 is 0 Å². The Morgan fingerprint density at radius 1 is 1.45 bits per heavy atom.